The van der Waals surface area contributed by atoms with Crippen molar-refractivity contribution >= 4 is 34.0 Å². The minimum Gasteiger partial charge on any atom is -0.386 e. The molecule has 31 heavy (non-hydrogen) atoms. The maximum Gasteiger partial charge on any atom is 0.427 e. The molecule has 0 amide bonds. The highest BCUT2D eigenvalue weighted by atomic mass is 32.1. The maximum absolute atomic E-state index is 13.0. The van der Waals surface area contributed by atoms with Gasteiger partial charge in [-0.3, -0.25) is 4.57 Å². The molecular weight excluding hydrogens is 433 g/mol. The molecule has 0 atom stereocenters. The number of aryl methyl sites for hydroxylation is 1. The Morgan fingerprint density at radius 2 is 1.97 bits per heavy atom. The third kappa shape index (κ3) is 4.16. The number of anilines is 2. The molecule has 0 aliphatic heterocycles. The Balaban J connectivity index is 1.76. The van der Waals surface area contributed by atoms with Gasteiger partial charge in [0, 0.05) is 17.2 Å². The fraction of sp³-hybridized carbons (Fsp3) is 0.263. The van der Waals surface area contributed by atoms with Crippen molar-refractivity contribution in [3.63, 3.8) is 0 Å². The van der Waals surface area contributed by atoms with Crippen molar-refractivity contribution in [2.45, 2.75) is 25.6 Å². The molecular formula is C19H17F3N6O2S. The molecule has 0 saturated carbocycles. The summed E-state index contributed by atoms with van der Waals surface area (Å²) in [6, 6.07) is 4.32. The molecule has 162 valence electrons. The van der Waals surface area contributed by atoms with Crippen LogP contribution in [0.1, 0.15) is 28.4 Å². The smallest absolute Gasteiger partial charge is 0.386 e. The van der Waals surface area contributed by atoms with Crippen LogP contribution in [0.4, 0.5) is 24.8 Å². The second-order valence-corrected chi connectivity index (χ2v) is 8.22. The number of nitrogens with zero attached hydrogens (tertiary/aromatic N) is 4. The van der Waals surface area contributed by atoms with Gasteiger partial charge < -0.3 is 15.4 Å². The molecule has 0 aromatic carbocycles. The predicted octanol–water partition coefficient (Wildman–Crippen LogP) is 3.77. The molecule has 0 radical (unpaired) electrons. The zero-order valence-electron chi connectivity index (χ0n) is 19.1. The fourth-order valence-corrected chi connectivity index (χ4v) is 3.53. The van der Waals surface area contributed by atoms with Crippen LogP contribution in [-0.2, 0) is 18.8 Å². The number of pyridine rings is 2. The molecule has 3 N–H and O–H groups in total. The number of rotatable bonds is 4. The van der Waals surface area contributed by atoms with Gasteiger partial charge in [0.25, 0.3) is 0 Å². The number of thiazole rings is 1. The van der Waals surface area contributed by atoms with E-state index in [1.54, 1.807) is 0 Å². The van der Waals surface area contributed by atoms with Gasteiger partial charge in [0.15, 0.2) is 0 Å². The van der Waals surface area contributed by atoms with E-state index in [9.17, 15) is 23.1 Å². The van der Waals surface area contributed by atoms with E-state index in [2.05, 4.69) is 25.3 Å². The van der Waals surface area contributed by atoms with E-state index < -0.39 is 29.3 Å². The minimum absolute atomic E-state index is 0.00368. The quantitative estimate of drug-likeness (QED) is 0.434. The molecule has 8 nitrogen and oxygen atoms in total. The van der Waals surface area contributed by atoms with Gasteiger partial charge in [-0.25, -0.2) is 19.7 Å². The number of fused-ring (bicyclic) bond motifs is 1. The van der Waals surface area contributed by atoms with Crippen molar-refractivity contribution < 1.29 is 22.4 Å². The fourth-order valence-electron chi connectivity index (χ4n) is 2.79. The van der Waals surface area contributed by atoms with Crippen LogP contribution in [0.2, 0.25) is 0 Å². The summed E-state index contributed by atoms with van der Waals surface area (Å²) in [7, 11) is 0. The van der Waals surface area contributed by atoms with E-state index in [-0.39, 0.29) is 33.4 Å². The normalized spacial score (nSPS) is 14.3. The predicted molar refractivity (Wildman–Crippen MR) is 110 cm³/mol. The average molecular weight is 453 g/mol. The third-order valence-electron chi connectivity index (χ3n) is 4.36. The Labute approximate surface area is 181 Å². The Kier molecular flexibility index (Phi) is 4.03. The number of alkyl halides is 3. The first-order valence-electron chi connectivity index (χ1n) is 10.3. The van der Waals surface area contributed by atoms with Crippen LogP contribution >= 0.6 is 11.3 Å². The number of aliphatic hydroxyl groups is 1. The number of hydrogen-bond acceptors (Lipinski definition) is 7. The number of halogens is 3. The van der Waals surface area contributed by atoms with Crippen molar-refractivity contribution in [1.29, 1.82) is 0 Å². The average Bonchev–Trinajstić information content (AvgIpc) is 3.30. The Hall–Kier alpha value is -3.25. The molecule has 4 rings (SSSR count). The molecule has 0 fully saturated rings. The number of aromatic amines is 1. The zero-order chi connectivity index (χ0) is 25.1. The van der Waals surface area contributed by atoms with Crippen LogP contribution in [0, 0.1) is 0 Å². The monoisotopic (exact) mass is 453 g/mol. The van der Waals surface area contributed by atoms with Crippen molar-refractivity contribution in [1.82, 2.24) is 24.5 Å². The standard InChI is InChI=1S/C19H17F3N6O2S/c1-18(2,30)9-4-11(16-24-8-13(31-16)19(20,21)22)25-15(5-9)27-14-6-10-12(7-23-14)28(3)17(29)26-10/h4-8,30H,1-3H3,(H,26,29)(H,23,25,27)/i3D3. The van der Waals surface area contributed by atoms with Gasteiger partial charge in [0.2, 0.25) is 0 Å². The lowest BCUT2D eigenvalue weighted by Crippen LogP contribution is -2.16. The summed E-state index contributed by atoms with van der Waals surface area (Å²) in [6.45, 7) is 0.309. The lowest BCUT2D eigenvalue weighted by molar-refractivity contribution is -0.134. The second-order valence-electron chi connectivity index (χ2n) is 7.19. The summed E-state index contributed by atoms with van der Waals surface area (Å²) in [4.78, 5) is 25.8. The summed E-state index contributed by atoms with van der Waals surface area (Å²) in [5.41, 5.74) is -1.46. The molecule has 0 saturated heterocycles. The topological polar surface area (TPSA) is 109 Å². The molecule has 12 heteroatoms. The van der Waals surface area contributed by atoms with Gasteiger partial charge in [-0.05, 0) is 31.5 Å². The lowest BCUT2D eigenvalue weighted by atomic mass is 9.98. The van der Waals surface area contributed by atoms with E-state index in [0.717, 1.165) is 0 Å². The van der Waals surface area contributed by atoms with Crippen LogP contribution < -0.4 is 11.0 Å². The molecule has 4 aromatic rings. The summed E-state index contributed by atoms with van der Waals surface area (Å²) in [5.74, 6) is 0.316. The largest absolute Gasteiger partial charge is 0.427 e. The van der Waals surface area contributed by atoms with Crippen molar-refractivity contribution in [3.05, 3.63) is 51.5 Å². The second kappa shape index (κ2) is 7.17. The molecule has 4 aromatic heterocycles. The first kappa shape index (κ1) is 17.4. The van der Waals surface area contributed by atoms with E-state index in [1.165, 1.54) is 38.2 Å². The van der Waals surface area contributed by atoms with Crippen molar-refractivity contribution in [2.24, 2.45) is 6.98 Å². The highest BCUT2D eigenvalue weighted by Gasteiger charge is 2.33. The lowest BCUT2D eigenvalue weighted by Gasteiger charge is -2.19. The van der Waals surface area contributed by atoms with Crippen molar-refractivity contribution in [3.8, 4) is 10.7 Å². The van der Waals surface area contributed by atoms with Crippen LogP contribution in [0.3, 0.4) is 0 Å². The molecule has 0 aliphatic rings. The summed E-state index contributed by atoms with van der Waals surface area (Å²) < 4.78 is 62.1. The van der Waals surface area contributed by atoms with Gasteiger partial charge in [0.1, 0.15) is 27.2 Å². The third-order valence-corrected chi connectivity index (χ3v) is 5.43. The first-order chi connectivity index (χ1) is 15.6. The number of nitrogens with one attached hydrogen (secondary N) is 2. The van der Waals surface area contributed by atoms with Gasteiger partial charge in [-0.15, -0.1) is 11.3 Å². The van der Waals surface area contributed by atoms with Crippen molar-refractivity contribution in [2.75, 3.05) is 5.32 Å². The van der Waals surface area contributed by atoms with E-state index in [4.69, 9.17) is 4.11 Å². The van der Waals surface area contributed by atoms with Gasteiger partial charge in [0.05, 0.1) is 29.0 Å². The van der Waals surface area contributed by atoms with Crippen LogP contribution in [0.15, 0.2) is 35.4 Å². The Morgan fingerprint density at radius 3 is 2.61 bits per heavy atom. The highest BCUT2D eigenvalue weighted by Crippen LogP contribution is 2.37. The van der Waals surface area contributed by atoms with E-state index >= 15 is 0 Å². The molecule has 4 heterocycles. The van der Waals surface area contributed by atoms with Gasteiger partial charge in [-0.1, -0.05) is 0 Å². The summed E-state index contributed by atoms with van der Waals surface area (Å²) in [5, 5.41) is 13.3. The van der Waals surface area contributed by atoms with E-state index in [0.29, 0.717) is 27.7 Å². The summed E-state index contributed by atoms with van der Waals surface area (Å²) >= 11 is 0.416. The zero-order valence-corrected chi connectivity index (χ0v) is 16.9. The van der Waals surface area contributed by atoms with Crippen LogP contribution in [0.25, 0.3) is 21.7 Å². The van der Waals surface area contributed by atoms with Gasteiger partial charge >= 0.3 is 11.9 Å². The highest BCUT2D eigenvalue weighted by molar-refractivity contribution is 7.15. The first-order valence-corrected chi connectivity index (χ1v) is 9.61. The molecule has 0 unspecified atom stereocenters. The number of hydrogen-bond donors (Lipinski definition) is 3. The Morgan fingerprint density at radius 1 is 1.19 bits per heavy atom. The summed E-state index contributed by atoms with van der Waals surface area (Å²) in [6.07, 6.45) is -2.64. The Bertz CT molecular complexity index is 1440. The number of imidazole rings is 1. The molecule has 0 spiro atoms. The van der Waals surface area contributed by atoms with Crippen LogP contribution in [0.5, 0.6) is 0 Å². The molecule has 0 bridgehead atoms. The van der Waals surface area contributed by atoms with Gasteiger partial charge in [-0.2, -0.15) is 13.2 Å². The molecule has 0 aliphatic carbocycles. The number of aromatic nitrogens is 5. The van der Waals surface area contributed by atoms with Crippen LogP contribution in [-0.4, -0.2) is 29.6 Å². The number of H-pyrrole nitrogens is 1. The van der Waals surface area contributed by atoms with E-state index in [1.807, 2.05) is 0 Å². The SMILES string of the molecule is [2H]C([2H])([2H])n1c(=O)[nH]c2cc(Nc3cc(C(C)(C)O)cc(-c4ncc(C(F)(F)F)s4)n3)ncc21. The minimum atomic E-state index is -4.55. The maximum atomic E-state index is 13.0.